The third kappa shape index (κ3) is 5.90. The molecule has 166 valence electrons. The quantitative estimate of drug-likeness (QED) is 0.444. The molecule has 3 fully saturated rings. The lowest BCUT2D eigenvalue weighted by Gasteiger charge is -2.43. The number of likely N-dealkylation sites (N-methyl/N-ethyl adjacent to an activating group) is 2. The molecule has 1 N–H and O–H groups in total. The van der Waals surface area contributed by atoms with E-state index in [4.69, 9.17) is 4.74 Å². The Morgan fingerprint density at radius 2 is 1.66 bits per heavy atom. The van der Waals surface area contributed by atoms with Gasteiger partial charge >= 0.3 is 11.9 Å². The second-order valence-electron chi connectivity index (χ2n) is 8.86. The molecule has 3 aliphatic rings. The fourth-order valence-corrected chi connectivity index (χ4v) is 5.00. The van der Waals surface area contributed by atoms with Gasteiger partial charge in [-0.15, -0.1) is 0 Å². The summed E-state index contributed by atoms with van der Waals surface area (Å²) >= 11 is 0. The van der Waals surface area contributed by atoms with Crippen LogP contribution in [0, 0.1) is 0 Å². The summed E-state index contributed by atoms with van der Waals surface area (Å²) in [7, 11) is 4.12. The van der Waals surface area contributed by atoms with Crippen LogP contribution in [0.1, 0.15) is 44.9 Å². The number of aliphatic carboxylic acids is 1. The molecule has 0 radical (unpaired) electrons. The molecule has 8 nitrogen and oxygen atoms in total. The average Bonchev–Trinajstić information content (AvgIpc) is 3.34. The van der Waals surface area contributed by atoms with Gasteiger partial charge in [0, 0.05) is 32.7 Å². The Morgan fingerprint density at radius 1 is 0.966 bits per heavy atom. The zero-order valence-corrected chi connectivity index (χ0v) is 18.1. The van der Waals surface area contributed by atoms with Crippen molar-refractivity contribution in [2.24, 2.45) is 0 Å². The SMILES string of the molecule is CN1CCN(C(CCCCOC(=O)C2CCCN2C)N2CCCC2C(=O)O)CC1. The first-order valence-electron chi connectivity index (χ1n) is 11.3. The zero-order chi connectivity index (χ0) is 20.8. The normalized spacial score (nSPS) is 28.6. The molecule has 0 amide bonds. The standard InChI is InChI=1S/C21H38N4O4/c1-22-12-14-24(15-13-22)19(25-11-6-7-17(25)20(26)27)9-3-4-16-29-21(28)18-8-5-10-23(18)2/h17-19H,3-16H2,1-2H3,(H,26,27). The number of hydrogen-bond donors (Lipinski definition) is 1. The van der Waals surface area contributed by atoms with Gasteiger partial charge in [-0.1, -0.05) is 0 Å². The first kappa shape index (κ1) is 22.5. The van der Waals surface area contributed by atoms with Gasteiger partial charge in [-0.25, -0.2) is 0 Å². The Hall–Kier alpha value is -1.22. The van der Waals surface area contributed by atoms with Crippen molar-refractivity contribution in [1.82, 2.24) is 19.6 Å². The molecule has 0 aromatic heterocycles. The lowest BCUT2D eigenvalue weighted by atomic mass is 10.1. The number of nitrogens with zero attached hydrogens (tertiary/aromatic N) is 4. The van der Waals surface area contributed by atoms with Crippen LogP contribution in [0.3, 0.4) is 0 Å². The molecule has 0 aliphatic carbocycles. The largest absolute Gasteiger partial charge is 0.480 e. The van der Waals surface area contributed by atoms with Crippen molar-refractivity contribution in [3.05, 3.63) is 0 Å². The van der Waals surface area contributed by atoms with E-state index in [1.807, 2.05) is 7.05 Å². The molecule has 0 aromatic rings. The molecule has 3 aliphatic heterocycles. The maximum Gasteiger partial charge on any atom is 0.323 e. The minimum Gasteiger partial charge on any atom is -0.480 e. The fourth-order valence-electron chi connectivity index (χ4n) is 5.00. The van der Waals surface area contributed by atoms with Crippen LogP contribution in [0.25, 0.3) is 0 Å². The van der Waals surface area contributed by atoms with E-state index in [9.17, 15) is 14.7 Å². The Bertz CT molecular complexity index is 553. The van der Waals surface area contributed by atoms with E-state index < -0.39 is 5.97 Å². The first-order valence-corrected chi connectivity index (χ1v) is 11.3. The molecule has 29 heavy (non-hydrogen) atoms. The molecular weight excluding hydrogens is 372 g/mol. The van der Waals surface area contributed by atoms with Crippen LogP contribution in [-0.4, -0.2) is 115 Å². The lowest BCUT2D eigenvalue weighted by molar-refractivity contribution is -0.149. The highest BCUT2D eigenvalue weighted by molar-refractivity contribution is 5.76. The predicted octanol–water partition coefficient (Wildman–Crippen LogP) is 0.917. The monoisotopic (exact) mass is 410 g/mol. The van der Waals surface area contributed by atoms with Gasteiger partial charge < -0.3 is 14.7 Å². The van der Waals surface area contributed by atoms with Gasteiger partial charge in [-0.3, -0.25) is 24.3 Å². The average molecular weight is 411 g/mol. The summed E-state index contributed by atoms with van der Waals surface area (Å²) in [6.45, 7) is 6.29. The number of piperazine rings is 1. The van der Waals surface area contributed by atoms with Crippen LogP contribution in [0.15, 0.2) is 0 Å². The molecule has 3 saturated heterocycles. The van der Waals surface area contributed by atoms with Gasteiger partial charge in [0.25, 0.3) is 0 Å². The number of carboxylic acid groups (broad SMARTS) is 1. The number of unbranched alkanes of at least 4 members (excludes halogenated alkanes) is 1. The first-order chi connectivity index (χ1) is 14.0. The van der Waals surface area contributed by atoms with E-state index in [2.05, 4.69) is 26.6 Å². The molecule has 8 heteroatoms. The third-order valence-electron chi connectivity index (χ3n) is 6.81. The van der Waals surface area contributed by atoms with Crippen LogP contribution < -0.4 is 0 Å². The highest BCUT2D eigenvalue weighted by atomic mass is 16.5. The van der Waals surface area contributed by atoms with Crippen molar-refractivity contribution in [2.75, 3.05) is 60.0 Å². The van der Waals surface area contributed by atoms with Crippen LogP contribution >= 0.6 is 0 Å². The minimum absolute atomic E-state index is 0.0750. The number of hydrogen-bond acceptors (Lipinski definition) is 7. The van der Waals surface area contributed by atoms with E-state index in [1.54, 1.807) is 0 Å². The summed E-state index contributed by atoms with van der Waals surface area (Å²) < 4.78 is 5.51. The van der Waals surface area contributed by atoms with Gasteiger partial charge in [-0.2, -0.15) is 0 Å². The van der Waals surface area contributed by atoms with Crippen molar-refractivity contribution in [3.63, 3.8) is 0 Å². The van der Waals surface area contributed by atoms with E-state index in [1.165, 1.54) is 0 Å². The predicted molar refractivity (Wildman–Crippen MR) is 111 cm³/mol. The van der Waals surface area contributed by atoms with E-state index in [0.717, 1.165) is 84.2 Å². The molecule has 0 bridgehead atoms. The molecule has 3 unspecified atom stereocenters. The Balaban J connectivity index is 1.48. The second-order valence-corrected chi connectivity index (χ2v) is 8.86. The molecule has 0 spiro atoms. The van der Waals surface area contributed by atoms with Crippen molar-refractivity contribution < 1.29 is 19.4 Å². The summed E-state index contributed by atoms with van der Waals surface area (Å²) in [6, 6.07) is -0.440. The van der Waals surface area contributed by atoms with Crippen molar-refractivity contribution in [3.8, 4) is 0 Å². The third-order valence-corrected chi connectivity index (χ3v) is 6.81. The molecular formula is C21H38N4O4. The number of ether oxygens (including phenoxy) is 1. The number of carboxylic acids is 1. The summed E-state index contributed by atoms with van der Waals surface area (Å²) in [5.74, 6) is -0.789. The van der Waals surface area contributed by atoms with Crippen LogP contribution in [-0.2, 0) is 14.3 Å². The molecule has 3 atom stereocenters. The van der Waals surface area contributed by atoms with Crippen LogP contribution in [0.5, 0.6) is 0 Å². The number of rotatable bonds is 9. The summed E-state index contributed by atoms with van der Waals surface area (Å²) in [4.78, 5) is 33.0. The topological polar surface area (TPSA) is 76.6 Å². The Morgan fingerprint density at radius 3 is 2.31 bits per heavy atom. The van der Waals surface area contributed by atoms with Crippen molar-refractivity contribution in [1.29, 1.82) is 0 Å². The zero-order valence-electron chi connectivity index (χ0n) is 18.1. The van der Waals surface area contributed by atoms with Gasteiger partial charge in [0.2, 0.25) is 0 Å². The maximum absolute atomic E-state index is 12.2. The molecule has 3 rings (SSSR count). The second kappa shape index (κ2) is 10.7. The van der Waals surface area contributed by atoms with Gasteiger partial charge in [0.05, 0.1) is 12.8 Å². The number of esters is 1. The summed E-state index contributed by atoms with van der Waals surface area (Å²) in [6.07, 6.45) is 6.51. The lowest BCUT2D eigenvalue weighted by Crippen LogP contribution is -2.57. The van der Waals surface area contributed by atoms with Gasteiger partial charge in [-0.05, 0) is 65.6 Å². The van der Waals surface area contributed by atoms with Crippen LogP contribution in [0.2, 0.25) is 0 Å². The van der Waals surface area contributed by atoms with Gasteiger partial charge in [0.15, 0.2) is 0 Å². The number of carbonyl (C=O) groups excluding carboxylic acids is 1. The van der Waals surface area contributed by atoms with Crippen LogP contribution in [0.4, 0.5) is 0 Å². The van der Waals surface area contributed by atoms with E-state index in [0.29, 0.717) is 6.61 Å². The minimum atomic E-state index is -0.698. The Labute approximate surface area is 174 Å². The highest BCUT2D eigenvalue weighted by Crippen LogP contribution is 2.26. The summed E-state index contributed by atoms with van der Waals surface area (Å²) in [5, 5.41) is 9.64. The van der Waals surface area contributed by atoms with E-state index >= 15 is 0 Å². The maximum atomic E-state index is 12.2. The molecule has 0 saturated carbocycles. The number of likely N-dealkylation sites (tertiary alicyclic amines) is 2. The van der Waals surface area contributed by atoms with Crippen molar-refractivity contribution in [2.45, 2.75) is 63.2 Å². The molecule has 0 aromatic carbocycles. The van der Waals surface area contributed by atoms with Gasteiger partial charge in [0.1, 0.15) is 12.1 Å². The summed E-state index contributed by atoms with van der Waals surface area (Å²) in [5.41, 5.74) is 0. The number of carbonyl (C=O) groups is 2. The van der Waals surface area contributed by atoms with Crippen molar-refractivity contribution >= 4 is 11.9 Å². The molecule has 3 heterocycles. The fraction of sp³-hybridized carbons (Fsp3) is 0.905. The highest BCUT2D eigenvalue weighted by Gasteiger charge is 2.38. The smallest absolute Gasteiger partial charge is 0.323 e. The Kier molecular flexibility index (Phi) is 8.29. The van der Waals surface area contributed by atoms with E-state index in [-0.39, 0.29) is 24.2 Å².